The van der Waals surface area contributed by atoms with Gasteiger partial charge in [-0.15, -0.1) is 0 Å². The molecule has 1 aromatic heterocycles. The van der Waals surface area contributed by atoms with E-state index in [9.17, 15) is 22.8 Å². The van der Waals surface area contributed by atoms with E-state index in [1.807, 2.05) is 0 Å². The third-order valence-corrected chi connectivity index (χ3v) is 4.28. The summed E-state index contributed by atoms with van der Waals surface area (Å²) in [6, 6.07) is 6.39. The Balaban J connectivity index is 1.84. The third-order valence-electron chi connectivity index (χ3n) is 4.28. The minimum absolute atomic E-state index is 0.0307. The summed E-state index contributed by atoms with van der Waals surface area (Å²) in [5, 5.41) is 9.03. The number of alkyl halides is 3. The average Bonchev–Trinajstić information content (AvgIpc) is 2.65. The molecule has 2 aromatic rings. The number of anilines is 1. The van der Waals surface area contributed by atoms with Gasteiger partial charge in [-0.2, -0.15) is 13.2 Å². The molecule has 28 heavy (non-hydrogen) atoms. The molecule has 150 valence electrons. The number of aromatic amines is 1. The van der Waals surface area contributed by atoms with Crippen molar-refractivity contribution in [3.63, 3.8) is 0 Å². The van der Waals surface area contributed by atoms with Gasteiger partial charge in [0.2, 0.25) is 0 Å². The molecule has 0 saturated carbocycles. The number of aromatic carboxylic acids is 1. The number of nitrogens with one attached hydrogen (secondary N) is 1. The first kappa shape index (κ1) is 19.7. The Bertz CT molecular complexity index is 913. The SMILES string of the molecule is O=C(O)c1cccc(OCC2COCCN2c2cc[nH]c(=O)c2C(F)(F)F)c1. The van der Waals surface area contributed by atoms with E-state index in [4.69, 9.17) is 14.6 Å². The van der Waals surface area contributed by atoms with Crippen molar-refractivity contribution in [3.05, 3.63) is 58.0 Å². The number of carboxylic acid groups (broad SMARTS) is 1. The van der Waals surface area contributed by atoms with Crippen LogP contribution < -0.4 is 15.2 Å². The maximum Gasteiger partial charge on any atom is 0.423 e. The molecule has 0 bridgehead atoms. The van der Waals surface area contributed by atoms with Crippen LogP contribution in [0.5, 0.6) is 5.75 Å². The molecule has 0 aliphatic carbocycles. The summed E-state index contributed by atoms with van der Waals surface area (Å²) in [5.74, 6) is -0.848. The number of morpholine rings is 1. The van der Waals surface area contributed by atoms with Gasteiger partial charge in [0.05, 0.1) is 30.5 Å². The lowest BCUT2D eigenvalue weighted by molar-refractivity contribution is -0.138. The third kappa shape index (κ3) is 4.28. The molecule has 1 unspecified atom stereocenters. The summed E-state index contributed by atoms with van der Waals surface area (Å²) in [4.78, 5) is 26.3. The number of hydrogen-bond acceptors (Lipinski definition) is 5. The predicted octanol–water partition coefficient (Wildman–Crippen LogP) is 2.38. The summed E-state index contributed by atoms with van der Waals surface area (Å²) < 4.78 is 51.1. The van der Waals surface area contributed by atoms with Crippen LogP contribution in [0.25, 0.3) is 0 Å². The maximum atomic E-state index is 13.4. The molecule has 1 saturated heterocycles. The molecule has 1 aliphatic heterocycles. The largest absolute Gasteiger partial charge is 0.491 e. The maximum absolute atomic E-state index is 13.4. The standard InChI is InChI=1S/C18H17F3N2O5/c19-18(20,21)15-14(4-5-22-16(15)24)23-6-7-27-9-12(23)10-28-13-3-1-2-11(8-13)17(25)26/h1-5,8,12H,6-7,9-10H2,(H,22,24)(H,25,26). The number of rotatable bonds is 5. The number of benzene rings is 1. The van der Waals surface area contributed by atoms with Crippen LogP contribution in [-0.4, -0.2) is 48.5 Å². The van der Waals surface area contributed by atoms with E-state index in [0.717, 1.165) is 6.20 Å². The Morgan fingerprint density at radius 3 is 2.86 bits per heavy atom. The predicted molar refractivity (Wildman–Crippen MR) is 92.9 cm³/mol. The second-order valence-electron chi connectivity index (χ2n) is 6.13. The Labute approximate surface area is 157 Å². The van der Waals surface area contributed by atoms with Gasteiger partial charge in [0.15, 0.2) is 0 Å². The van der Waals surface area contributed by atoms with E-state index in [2.05, 4.69) is 4.98 Å². The van der Waals surface area contributed by atoms with E-state index in [-0.39, 0.29) is 43.4 Å². The summed E-state index contributed by atoms with van der Waals surface area (Å²) in [6.07, 6.45) is -3.65. The Kier molecular flexibility index (Phi) is 5.59. The first-order valence-electron chi connectivity index (χ1n) is 8.37. The number of carboxylic acids is 1. The van der Waals surface area contributed by atoms with E-state index in [1.54, 1.807) is 6.07 Å². The molecule has 1 aliphatic rings. The number of aromatic nitrogens is 1. The van der Waals surface area contributed by atoms with Crippen molar-refractivity contribution in [3.8, 4) is 5.75 Å². The lowest BCUT2D eigenvalue weighted by atomic mass is 10.1. The molecule has 1 aromatic carbocycles. The zero-order chi connectivity index (χ0) is 20.3. The van der Waals surface area contributed by atoms with Crippen LogP contribution in [0.3, 0.4) is 0 Å². The molecule has 0 spiro atoms. The van der Waals surface area contributed by atoms with E-state index >= 15 is 0 Å². The van der Waals surface area contributed by atoms with Gasteiger partial charge in [-0.05, 0) is 24.3 Å². The molecule has 1 fully saturated rings. The van der Waals surface area contributed by atoms with Gasteiger partial charge in [0, 0.05) is 12.7 Å². The summed E-state index contributed by atoms with van der Waals surface area (Å²) in [5.41, 5.74) is -2.70. The molecule has 10 heteroatoms. The van der Waals surface area contributed by atoms with E-state index in [0.29, 0.717) is 0 Å². The van der Waals surface area contributed by atoms with Crippen LogP contribution in [0.2, 0.25) is 0 Å². The van der Waals surface area contributed by atoms with Gasteiger partial charge < -0.3 is 24.5 Å². The van der Waals surface area contributed by atoms with Gasteiger partial charge in [-0.25, -0.2) is 4.79 Å². The Morgan fingerprint density at radius 1 is 1.36 bits per heavy atom. The second kappa shape index (κ2) is 7.93. The molecular formula is C18H17F3N2O5. The number of H-pyrrole nitrogens is 1. The fraction of sp³-hybridized carbons (Fsp3) is 0.333. The first-order chi connectivity index (χ1) is 13.3. The summed E-state index contributed by atoms with van der Waals surface area (Å²) in [7, 11) is 0. The Morgan fingerprint density at radius 2 is 2.14 bits per heavy atom. The number of halogens is 3. The number of carbonyl (C=O) groups is 1. The van der Waals surface area contributed by atoms with Crippen LogP contribution in [0.15, 0.2) is 41.3 Å². The smallest absolute Gasteiger partial charge is 0.423 e. The zero-order valence-corrected chi connectivity index (χ0v) is 14.5. The van der Waals surface area contributed by atoms with Crippen molar-refractivity contribution >= 4 is 11.7 Å². The highest BCUT2D eigenvalue weighted by Crippen LogP contribution is 2.35. The van der Waals surface area contributed by atoms with Crippen LogP contribution in [0.1, 0.15) is 15.9 Å². The lowest BCUT2D eigenvalue weighted by Crippen LogP contribution is -2.50. The average molecular weight is 398 g/mol. The summed E-state index contributed by atoms with van der Waals surface area (Å²) in [6.45, 7) is 0.403. The molecule has 0 radical (unpaired) electrons. The Hall–Kier alpha value is -3.01. The minimum atomic E-state index is -4.82. The van der Waals surface area contributed by atoms with Gasteiger partial charge in [-0.3, -0.25) is 4.79 Å². The monoisotopic (exact) mass is 398 g/mol. The van der Waals surface area contributed by atoms with Gasteiger partial charge >= 0.3 is 12.1 Å². The molecular weight excluding hydrogens is 381 g/mol. The topological polar surface area (TPSA) is 91.9 Å². The number of pyridine rings is 1. The molecule has 2 heterocycles. The number of hydrogen-bond donors (Lipinski definition) is 2. The van der Waals surface area contributed by atoms with Crippen LogP contribution >= 0.6 is 0 Å². The molecule has 1 atom stereocenters. The first-order valence-corrected chi connectivity index (χ1v) is 8.37. The van der Waals surface area contributed by atoms with E-state index < -0.39 is 29.3 Å². The fourth-order valence-corrected chi connectivity index (χ4v) is 3.00. The highest BCUT2D eigenvalue weighted by molar-refractivity contribution is 5.88. The van der Waals surface area contributed by atoms with Gasteiger partial charge in [0.25, 0.3) is 5.56 Å². The van der Waals surface area contributed by atoms with Crippen molar-refractivity contribution in [2.75, 3.05) is 31.3 Å². The van der Waals surface area contributed by atoms with E-state index in [1.165, 1.54) is 29.2 Å². The molecule has 3 rings (SSSR count). The number of ether oxygens (including phenoxy) is 2. The molecule has 0 amide bonds. The number of nitrogens with zero attached hydrogens (tertiary/aromatic N) is 1. The van der Waals surface area contributed by atoms with Crippen molar-refractivity contribution in [2.24, 2.45) is 0 Å². The second-order valence-corrected chi connectivity index (χ2v) is 6.13. The molecule has 7 nitrogen and oxygen atoms in total. The lowest BCUT2D eigenvalue weighted by Gasteiger charge is -2.38. The van der Waals surface area contributed by atoms with Crippen molar-refractivity contribution < 1.29 is 32.5 Å². The van der Waals surface area contributed by atoms with Crippen molar-refractivity contribution in [1.29, 1.82) is 0 Å². The quantitative estimate of drug-likeness (QED) is 0.804. The highest BCUT2D eigenvalue weighted by atomic mass is 19.4. The summed E-state index contributed by atoms with van der Waals surface area (Å²) >= 11 is 0. The van der Waals surface area contributed by atoms with Crippen LogP contribution in [0.4, 0.5) is 18.9 Å². The molecule has 2 N–H and O–H groups in total. The minimum Gasteiger partial charge on any atom is -0.491 e. The van der Waals surface area contributed by atoms with Crippen LogP contribution in [-0.2, 0) is 10.9 Å². The fourth-order valence-electron chi connectivity index (χ4n) is 3.00. The van der Waals surface area contributed by atoms with Crippen molar-refractivity contribution in [1.82, 2.24) is 4.98 Å². The van der Waals surface area contributed by atoms with Crippen LogP contribution in [0, 0.1) is 0 Å². The van der Waals surface area contributed by atoms with Gasteiger partial charge in [0.1, 0.15) is 17.9 Å². The highest BCUT2D eigenvalue weighted by Gasteiger charge is 2.40. The van der Waals surface area contributed by atoms with Crippen molar-refractivity contribution in [2.45, 2.75) is 12.2 Å². The normalized spacial score (nSPS) is 17.4. The zero-order valence-electron chi connectivity index (χ0n) is 14.5. The van der Waals surface area contributed by atoms with Gasteiger partial charge in [-0.1, -0.05) is 6.07 Å².